The number of halogens is 1. The highest BCUT2D eigenvalue weighted by Gasteiger charge is 2.33. The maximum atomic E-state index is 13.7. The molecule has 0 atom stereocenters. The van der Waals surface area contributed by atoms with E-state index in [2.05, 4.69) is 20.7 Å². The monoisotopic (exact) mass is 538 g/mol. The zero-order valence-electron chi connectivity index (χ0n) is 18.7. The molecule has 174 valence electrons. The molecular weight excluding hydrogens is 516 g/mol. The lowest BCUT2D eigenvalue weighted by Crippen LogP contribution is -2.37. The number of carbonyl (C=O) groups excluding carboxylic acids is 2. The Balaban J connectivity index is 1.89. The second-order valence-corrected chi connectivity index (χ2v) is 10.6. The van der Waals surface area contributed by atoms with E-state index in [1.165, 1.54) is 36.2 Å². The number of hydrogen-bond donors (Lipinski definition) is 1. The van der Waals surface area contributed by atoms with Gasteiger partial charge < -0.3 is 0 Å². The third kappa shape index (κ3) is 4.49. The number of ketones is 1. The smallest absolute Gasteiger partial charge is 0.258 e. The Bertz CT molecular complexity index is 1400. The SMILES string of the molecule is CCC(=O)C1=C(c2ccccc2)c2cc(Br)ccc2CN1C(=O)c1ccc(S(=O)(=O)NC)cc1. The quantitative estimate of drug-likeness (QED) is 0.490. The first-order valence-corrected chi connectivity index (χ1v) is 13.0. The minimum atomic E-state index is -3.63. The van der Waals surface area contributed by atoms with Crippen LogP contribution in [0.4, 0.5) is 0 Å². The molecule has 3 aromatic carbocycles. The Morgan fingerprint density at radius 1 is 1.00 bits per heavy atom. The van der Waals surface area contributed by atoms with Gasteiger partial charge >= 0.3 is 0 Å². The Hall–Kier alpha value is -3.07. The van der Waals surface area contributed by atoms with Gasteiger partial charge in [-0.15, -0.1) is 0 Å². The summed E-state index contributed by atoms with van der Waals surface area (Å²) < 4.78 is 27.3. The topological polar surface area (TPSA) is 83.6 Å². The highest BCUT2D eigenvalue weighted by atomic mass is 79.9. The molecule has 0 bridgehead atoms. The van der Waals surface area contributed by atoms with E-state index in [9.17, 15) is 18.0 Å². The maximum absolute atomic E-state index is 13.7. The highest BCUT2D eigenvalue weighted by molar-refractivity contribution is 9.10. The average Bonchev–Trinajstić information content (AvgIpc) is 2.87. The van der Waals surface area contributed by atoms with Crippen molar-refractivity contribution >= 4 is 43.2 Å². The van der Waals surface area contributed by atoms with Gasteiger partial charge in [-0.25, -0.2) is 13.1 Å². The van der Waals surface area contributed by atoms with Crippen LogP contribution in [0.25, 0.3) is 5.57 Å². The average molecular weight is 539 g/mol. The summed E-state index contributed by atoms with van der Waals surface area (Å²) in [6.45, 7) is 2.00. The maximum Gasteiger partial charge on any atom is 0.258 e. The van der Waals surface area contributed by atoms with Gasteiger partial charge in [-0.1, -0.05) is 59.3 Å². The van der Waals surface area contributed by atoms with E-state index < -0.39 is 10.0 Å². The van der Waals surface area contributed by atoms with Gasteiger partial charge in [0.25, 0.3) is 5.91 Å². The molecule has 4 rings (SSSR count). The van der Waals surface area contributed by atoms with E-state index in [1.807, 2.05) is 48.5 Å². The molecule has 0 aliphatic carbocycles. The molecule has 1 heterocycles. The van der Waals surface area contributed by atoms with Gasteiger partial charge in [-0.3, -0.25) is 14.5 Å². The second kappa shape index (κ2) is 9.66. The summed E-state index contributed by atoms with van der Waals surface area (Å²) >= 11 is 3.53. The van der Waals surface area contributed by atoms with Crippen LogP contribution in [-0.4, -0.2) is 32.1 Å². The van der Waals surface area contributed by atoms with E-state index in [4.69, 9.17) is 0 Å². The third-order valence-corrected chi connectivity index (χ3v) is 7.67. The predicted molar refractivity (Wildman–Crippen MR) is 134 cm³/mol. The van der Waals surface area contributed by atoms with Crippen LogP contribution in [0.15, 0.2) is 87.9 Å². The van der Waals surface area contributed by atoms with E-state index in [0.717, 1.165) is 21.2 Å². The number of hydrogen-bond acceptors (Lipinski definition) is 4. The molecule has 1 aliphatic heterocycles. The lowest BCUT2D eigenvalue weighted by molar-refractivity contribution is -0.116. The van der Waals surface area contributed by atoms with Gasteiger partial charge in [0.2, 0.25) is 10.0 Å². The fourth-order valence-corrected chi connectivity index (χ4v) is 5.10. The van der Waals surface area contributed by atoms with E-state index in [1.54, 1.807) is 6.92 Å². The largest absolute Gasteiger partial charge is 0.300 e. The fraction of sp³-hybridized carbons (Fsp3) is 0.154. The molecule has 0 aromatic heterocycles. The molecular formula is C26H23BrN2O4S. The predicted octanol–water partition coefficient (Wildman–Crippen LogP) is 4.75. The molecule has 1 N–H and O–H groups in total. The molecule has 0 saturated carbocycles. The van der Waals surface area contributed by atoms with Crippen molar-refractivity contribution in [3.05, 3.63) is 105 Å². The van der Waals surface area contributed by atoms with Crippen molar-refractivity contribution in [2.45, 2.75) is 24.8 Å². The minimum Gasteiger partial charge on any atom is -0.300 e. The van der Waals surface area contributed by atoms with Gasteiger partial charge in [0.05, 0.1) is 17.1 Å². The molecule has 0 spiro atoms. The number of Topliss-reactive ketones (excluding diaryl/α,β-unsaturated/α-hetero) is 1. The van der Waals surface area contributed by atoms with Gasteiger partial charge in [-0.05, 0) is 60.1 Å². The van der Waals surface area contributed by atoms with Crippen molar-refractivity contribution in [2.24, 2.45) is 0 Å². The Morgan fingerprint density at radius 2 is 1.68 bits per heavy atom. The molecule has 0 saturated heterocycles. The second-order valence-electron chi connectivity index (χ2n) is 7.79. The lowest BCUT2D eigenvalue weighted by atomic mass is 9.86. The summed E-state index contributed by atoms with van der Waals surface area (Å²) in [5, 5.41) is 0. The summed E-state index contributed by atoms with van der Waals surface area (Å²) in [5.41, 5.74) is 4.00. The first-order chi connectivity index (χ1) is 16.3. The van der Waals surface area contributed by atoms with E-state index in [0.29, 0.717) is 16.8 Å². The zero-order chi connectivity index (χ0) is 24.5. The number of allylic oxidation sites excluding steroid dienone is 1. The van der Waals surface area contributed by atoms with Crippen LogP contribution in [-0.2, 0) is 21.4 Å². The zero-order valence-corrected chi connectivity index (χ0v) is 21.1. The number of benzene rings is 3. The number of fused-ring (bicyclic) bond motifs is 1. The van der Waals surface area contributed by atoms with Crippen LogP contribution >= 0.6 is 15.9 Å². The standard InChI is InChI=1S/C26H23BrN2O4S/c1-3-23(30)25-24(17-7-5-4-6-8-17)22-15-20(27)12-9-19(22)16-29(25)26(31)18-10-13-21(14-11-18)34(32,33)28-2/h4-15,28H,3,16H2,1-2H3. The van der Waals surface area contributed by atoms with Crippen molar-refractivity contribution in [1.29, 1.82) is 0 Å². The van der Waals surface area contributed by atoms with Gasteiger partial charge in [0.1, 0.15) is 0 Å². The molecule has 1 amide bonds. The Kier molecular flexibility index (Phi) is 6.84. The Morgan fingerprint density at radius 3 is 2.29 bits per heavy atom. The number of nitrogens with zero attached hydrogens (tertiary/aromatic N) is 1. The van der Waals surface area contributed by atoms with Gasteiger partial charge in [-0.2, -0.15) is 0 Å². The number of amides is 1. The van der Waals surface area contributed by atoms with Crippen molar-refractivity contribution in [2.75, 3.05) is 7.05 Å². The number of nitrogens with one attached hydrogen (secondary N) is 1. The van der Waals surface area contributed by atoms with Gasteiger partial charge in [0.15, 0.2) is 5.78 Å². The van der Waals surface area contributed by atoms with Crippen LogP contribution in [0.3, 0.4) is 0 Å². The first-order valence-electron chi connectivity index (χ1n) is 10.7. The number of carbonyl (C=O) groups is 2. The number of sulfonamides is 1. The van der Waals surface area contributed by atoms with Gasteiger partial charge in [0, 0.05) is 22.0 Å². The molecule has 8 heteroatoms. The highest BCUT2D eigenvalue weighted by Crippen LogP contribution is 2.39. The number of rotatable bonds is 6. The van der Waals surface area contributed by atoms with E-state index in [-0.39, 0.29) is 29.6 Å². The molecule has 3 aromatic rings. The molecule has 34 heavy (non-hydrogen) atoms. The summed E-state index contributed by atoms with van der Waals surface area (Å²) in [5.74, 6) is -0.514. The summed E-state index contributed by atoms with van der Waals surface area (Å²) in [6.07, 6.45) is 0.234. The lowest BCUT2D eigenvalue weighted by Gasteiger charge is -2.33. The molecule has 0 unspecified atom stereocenters. The van der Waals surface area contributed by atoms with Crippen molar-refractivity contribution in [3.63, 3.8) is 0 Å². The van der Waals surface area contributed by atoms with Crippen LogP contribution in [0.1, 0.15) is 40.4 Å². The molecule has 1 aliphatic rings. The molecule has 0 radical (unpaired) electrons. The summed E-state index contributed by atoms with van der Waals surface area (Å²) in [7, 11) is -2.30. The van der Waals surface area contributed by atoms with E-state index >= 15 is 0 Å². The van der Waals surface area contributed by atoms with Crippen LogP contribution in [0, 0.1) is 0 Å². The van der Waals surface area contributed by atoms with Crippen LogP contribution < -0.4 is 4.72 Å². The summed E-state index contributed by atoms with van der Waals surface area (Å²) in [4.78, 5) is 28.5. The third-order valence-electron chi connectivity index (χ3n) is 5.75. The fourth-order valence-electron chi connectivity index (χ4n) is 4.01. The van der Waals surface area contributed by atoms with Crippen LogP contribution in [0.5, 0.6) is 0 Å². The summed E-state index contributed by atoms with van der Waals surface area (Å²) in [6, 6.07) is 21.1. The molecule has 0 fully saturated rings. The van der Waals surface area contributed by atoms with Crippen molar-refractivity contribution in [1.82, 2.24) is 9.62 Å². The Labute approximate surface area is 207 Å². The normalized spacial score (nSPS) is 13.6. The first kappa shape index (κ1) is 24.1. The molecule has 6 nitrogen and oxygen atoms in total. The van der Waals surface area contributed by atoms with Crippen LogP contribution in [0.2, 0.25) is 0 Å². The van der Waals surface area contributed by atoms with Crippen molar-refractivity contribution < 1.29 is 18.0 Å². The minimum absolute atomic E-state index is 0.0609. The van der Waals surface area contributed by atoms with Crippen molar-refractivity contribution in [3.8, 4) is 0 Å².